The summed E-state index contributed by atoms with van der Waals surface area (Å²) in [6, 6.07) is 15.4. The molecule has 30 heavy (non-hydrogen) atoms. The number of para-hydroxylation sites is 2. The van der Waals surface area contributed by atoms with Crippen molar-refractivity contribution in [1.82, 2.24) is 4.90 Å². The Balaban J connectivity index is 1.42. The minimum Gasteiger partial charge on any atom is -0.341 e. The zero-order valence-electron chi connectivity index (χ0n) is 16.6. The lowest BCUT2D eigenvalue weighted by Gasteiger charge is -2.34. The third kappa shape index (κ3) is 3.27. The van der Waals surface area contributed by atoms with Crippen molar-refractivity contribution in [2.45, 2.75) is 29.4 Å². The van der Waals surface area contributed by atoms with Crippen molar-refractivity contribution in [2.24, 2.45) is 0 Å². The highest BCUT2D eigenvalue weighted by atomic mass is 32.2. The van der Waals surface area contributed by atoms with Gasteiger partial charge in [0.05, 0.1) is 5.69 Å². The van der Waals surface area contributed by atoms with Gasteiger partial charge in [0.25, 0.3) is 5.91 Å². The Morgan fingerprint density at radius 3 is 2.43 bits per heavy atom. The maximum atomic E-state index is 13.4. The van der Waals surface area contributed by atoms with E-state index in [2.05, 4.69) is 0 Å². The van der Waals surface area contributed by atoms with E-state index in [0.717, 1.165) is 35.4 Å². The van der Waals surface area contributed by atoms with Crippen LogP contribution in [-0.2, 0) is 20.8 Å². The van der Waals surface area contributed by atoms with Gasteiger partial charge in [0.2, 0.25) is 11.8 Å². The van der Waals surface area contributed by atoms with Gasteiger partial charge in [-0.25, -0.2) is 0 Å². The fraction of sp³-hybridized carbons (Fsp3) is 0.348. The van der Waals surface area contributed by atoms with Crippen LogP contribution in [0.1, 0.15) is 18.4 Å². The van der Waals surface area contributed by atoms with Crippen molar-refractivity contribution in [3.05, 3.63) is 54.1 Å². The molecular formula is C23H23N3O3S. The van der Waals surface area contributed by atoms with Gasteiger partial charge in [0.1, 0.15) is 6.54 Å². The molecule has 0 N–H and O–H groups in total. The summed E-state index contributed by atoms with van der Waals surface area (Å²) >= 11 is 1.30. The van der Waals surface area contributed by atoms with E-state index in [1.54, 1.807) is 9.80 Å². The van der Waals surface area contributed by atoms with Gasteiger partial charge in [-0.2, -0.15) is 0 Å². The standard InChI is InChI=1S/C23H23N3O3S/c27-20(25-14-11-16-7-1-2-8-17(16)25)15-26-18-9-3-4-10-19(18)30-21(23(26)29)22(28)24-12-5-6-13-24/h1-4,7-10,21H,5-6,11-15H2/t21-/m0/s1. The molecular weight excluding hydrogens is 398 g/mol. The molecule has 154 valence electrons. The number of likely N-dealkylation sites (tertiary alicyclic amines) is 1. The molecule has 5 rings (SSSR count). The lowest BCUT2D eigenvalue weighted by atomic mass is 10.2. The Labute approximate surface area is 179 Å². The molecule has 0 aromatic heterocycles. The predicted molar refractivity (Wildman–Crippen MR) is 117 cm³/mol. The average Bonchev–Trinajstić information content (AvgIpc) is 3.45. The number of hydrogen-bond acceptors (Lipinski definition) is 4. The van der Waals surface area contributed by atoms with E-state index < -0.39 is 5.25 Å². The summed E-state index contributed by atoms with van der Waals surface area (Å²) < 4.78 is 0. The van der Waals surface area contributed by atoms with Crippen LogP contribution in [0.4, 0.5) is 11.4 Å². The summed E-state index contributed by atoms with van der Waals surface area (Å²) in [7, 11) is 0. The maximum Gasteiger partial charge on any atom is 0.250 e. The largest absolute Gasteiger partial charge is 0.341 e. The normalized spacial score (nSPS) is 20.3. The zero-order chi connectivity index (χ0) is 20.7. The molecule has 0 unspecified atom stereocenters. The van der Waals surface area contributed by atoms with Crippen molar-refractivity contribution in [1.29, 1.82) is 0 Å². The summed E-state index contributed by atoms with van der Waals surface area (Å²) in [5.74, 6) is -0.556. The minimum atomic E-state index is -0.823. The van der Waals surface area contributed by atoms with Gasteiger partial charge in [0.15, 0.2) is 5.25 Å². The van der Waals surface area contributed by atoms with E-state index in [0.29, 0.717) is 25.3 Å². The number of carbonyl (C=O) groups excluding carboxylic acids is 3. The Morgan fingerprint density at radius 1 is 0.933 bits per heavy atom. The lowest BCUT2D eigenvalue weighted by Crippen LogP contribution is -2.52. The van der Waals surface area contributed by atoms with Gasteiger partial charge < -0.3 is 14.7 Å². The van der Waals surface area contributed by atoms with Crippen molar-refractivity contribution >= 4 is 40.9 Å². The van der Waals surface area contributed by atoms with Crippen molar-refractivity contribution in [2.75, 3.05) is 36.0 Å². The predicted octanol–water partition coefficient (Wildman–Crippen LogP) is 2.71. The van der Waals surface area contributed by atoms with E-state index in [-0.39, 0.29) is 24.3 Å². The van der Waals surface area contributed by atoms with Crippen LogP contribution < -0.4 is 9.80 Å². The quantitative estimate of drug-likeness (QED) is 0.715. The lowest BCUT2D eigenvalue weighted by molar-refractivity contribution is -0.134. The van der Waals surface area contributed by atoms with E-state index in [1.807, 2.05) is 48.5 Å². The number of fused-ring (bicyclic) bond motifs is 2. The third-order valence-corrected chi connectivity index (χ3v) is 7.25. The second-order valence-electron chi connectivity index (χ2n) is 7.85. The van der Waals surface area contributed by atoms with Crippen LogP contribution in [0.15, 0.2) is 53.4 Å². The molecule has 2 aromatic carbocycles. The molecule has 0 radical (unpaired) electrons. The molecule has 3 aliphatic heterocycles. The van der Waals surface area contributed by atoms with Crippen LogP contribution in [-0.4, -0.2) is 54.1 Å². The Hall–Kier alpha value is -2.80. The molecule has 6 nitrogen and oxygen atoms in total. The highest BCUT2D eigenvalue weighted by molar-refractivity contribution is 8.01. The molecule has 3 heterocycles. The highest BCUT2D eigenvalue weighted by Crippen LogP contribution is 2.40. The molecule has 2 aromatic rings. The fourth-order valence-electron chi connectivity index (χ4n) is 4.46. The molecule has 0 bridgehead atoms. The Bertz CT molecular complexity index is 1020. The van der Waals surface area contributed by atoms with Gasteiger partial charge in [0, 0.05) is 30.2 Å². The fourth-order valence-corrected chi connectivity index (χ4v) is 5.65. The van der Waals surface area contributed by atoms with Crippen LogP contribution in [0.2, 0.25) is 0 Å². The first-order valence-electron chi connectivity index (χ1n) is 10.4. The minimum absolute atomic E-state index is 0.0610. The number of nitrogens with zero attached hydrogens (tertiary/aromatic N) is 3. The van der Waals surface area contributed by atoms with Crippen molar-refractivity contribution in [3.63, 3.8) is 0 Å². The highest BCUT2D eigenvalue weighted by Gasteiger charge is 2.42. The molecule has 3 aliphatic rings. The molecule has 0 saturated carbocycles. The number of carbonyl (C=O) groups is 3. The summed E-state index contributed by atoms with van der Waals surface area (Å²) in [5, 5.41) is -0.823. The molecule has 1 fully saturated rings. The van der Waals surface area contributed by atoms with Gasteiger partial charge in [-0.05, 0) is 43.0 Å². The summed E-state index contributed by atoms with van der Waals surface area (Å²) in [6.45, 7) is 1.96. The second kappa shape index (κ2) is 7.80. The Kier molecular flexibility index (Phi) is 4.98. The molecule has 0 aliphatic carbocycles. The monoisotopic (exact) mass is 421 g/mol. The van der Waals surface area contributed by atoms with Crippen LogP contribution in [0.3, 0.4) is 0 Å². The van der Waals surface area contributed by atoms with E-state index in [9.17, 15) is 14.4 Å². The van der Waals surface area contributed by atoms with Gasteiger partial charge >= 0.3 is 0 Å². The third-order valence-electron chi connectivity index (χ3n) is 6.01. The topological polar surface area (TPSA) is 60.9 Å². The Morgan fingerprint density at radius 2 is 1.63 bits per heavy atom. The first-order valence-corrected chi connectivity index (χ1v) is 11.3. The molecule has 1 atom stereocenters. The number of hydrogen-bond donors (Lipinski definition) is 0. The second-order valence-corrected chi connectivity index (χ2v) is 8.99. The van der Waals surface area contributed by atoms with Gasteiger partial charge in [-0.3, -0.25) is 14.4 Å². The smallest absolute Gasteiger partial charge is 0.250 e. The SMILES string of the molecule is O=C([C@@H]1Sc2ccccc2N(CC(=O)N2CCc3ccccc32)C1=O)N1CCCC1. The van der Waals surface area contributed by atoms with E-state index in [1.165, 1.54) is 16.7 Å². The van der Waals surface area contributed by atoms with Crippen LogP contribution in [0.5, 0.6) is 0 Å². The van der Waals surface area contributed by atoms with E-state index >= 15 is 0 Å². The number of anilines is 2. The number of amides is 3. The van der Waals surface area contributed by atoms with E-state index in [4.69, 9.17) is 0 Å². The van der Waals surface area contributed by atoms with Crippen LogP contribution in [0.25, 0.3) is 0 Å². The zero-order valence-corrected chi connectivity index (χ0v) is 17.4. The summed E-state index contributed by atoms with van der Waals surface area (Å²) in [4.78, 5) is 45.5. The van der Waals surface area contributed by atoms with Crippen molar-refractivity contribution < 1.29 is 14.4 Å². The molecule has 1 saturated heterocycles. The molecule has 0 spiro atoms. The number of rotatable bonds is 3. The summed E-state index contributed by atoms with van der Waals surface area (Å²) in [6.07, 6.45) is 2.77. The van der Waals surface area contributed by atoms with Gasteiger partial charge in [-0.1, -0.05) is 30.3 Å². The summed E-state index contributed by atoms with van der Waals surface area (Å²) in [5.41, 5.74) is 2.77. The van der Waals surface area contributed by atoms with Gasteiger partial charge in [-0.15, -0.1) is 11.8 Å². The first kappa shape index (κ1) is 19.2. The maximum absolute atomic E-state index is 13.4. The number of thioether (sulfide) groups is 1. The van der Waals surface area contributed by atoms with Crippen molar-refractivity contribution in [3.8, 4) is 0 Å². The first-order chi connectivity index (χ1) is 14.6. The van der Waals surface area contributed by atoms with Crippen LogP contribution >= 0.6 is 11.8 Å². The molecule has 7 heteroatoms. The van der Waals surface area contributed by atoms with Crippen LogP contribution in [0, 0.1) is 0 Å². The average molecular weight is 422 g/mol. The molecule has 3 amide bonds. The number of benzene rings is 2.